The van der Waals surface area contributed by atoms with Gasteiger partial charge >= 0.3 is 6.03 Å². The first-order chi connectivity index (χ1) is 12.5. The minimum atomic E-state index is -0.612. The number of primary amides is 1. The van der Waals surface area contributed by atoms with E-state index in [1.807, 2.05) is 50.2 Å². The van der Waals surface area contributed by atoms with Crippen molar-refractivity contribution in [2.75, 3.05) is 11.9 Å². The number of nitrogens with one attached hydrogen (secondary N) is 2. The summed E-state index contributed by atoms with van der Waals surface area (Å²) in [6.45, 7) is 4.44. The van der Waals surface area contributed by atoms with Crippen molar-refractivity contribution < 1.29 is 14.3 Å². The molecule has 1 unspecified atom stereocenters. The van der Waals surface area contributed by atoms with E-state index < -0.39 is 6.03 Å². The van der Waals surface area contributed by atoms with E-state index >= 15 is 0 Å². The second-order valence-corrected chi connectivity index (χ2v) is 5.68. The number of urea groups is 1. The average molecular weight is 353 g/mol. The number of hydrogen-bond acceptors (Lipinski definition) is 3. The highest BCUT2D eigenvalue weighted by molar-refractivity contribution is 5.92. The molecule has 3 amide bonds. The molecule has 136 valence electrons. The second-order valence-electron chi connectivity index (χ2n) is 5.68. The summed E-state index contributed by atoms with van der Waals surface area (Å²) in [5.74, 6) is 0.614. The van der Waals surface area contributed by atoms with Crippen molar-refractivity contribution in [3.8, 4) is 5.75 Å². The molecule has 26 heavy (non-hydrogen) atoms. The maximum Gasteiger partial charge on any atom is 0.316 e. The molecule has 0 aliphatic heterocycles. The van der Waals surface area contributed by atoms with Crippen LogP contribution in [0.15, 0.2) is 54.6 Å². The van der Waals surface area contributed by atoms with Crippen molar-refractivity contribution >= 4 is 23.7 Å². The Morgan fingerprint density at radius 3 is 2.35 bits per heavy atom. The molecule has 4 N–H and O–H groups in total. The Hall–Kier alpha value is -3.28. The molecule has 2 rings (SSSR count). The molecular weight excluding hydrogens is 330 g/mol. The zero-order valence-electron chi connectivity index (χ0n) is 14.9. The molecule has 0 aliphatic carbocycles. The molecule has 0 aromatic heterocycles. The first kappa shape index (κ1) is 19.1. The number of anilines is 1. The lowest BCUT2D eigenvalue weighted by Gasteiger charge is -2.13. The Kier molecular flexibility index (Phi) is 6.79. The van der Waals surface area contributed by atoms with Crippen molar-refractivity contribution in [2.24, 2.45) is 5.73 Å². The molecule has 0 radical (unpaired) electrons. The molecule has 0 fully saturated rings. The topological polar surface area (TPSA) is 93.4 Å². The lowest BCUT2D eigenvalue weighted by molar-refractivity contribution is -0.117. The largest absolute Gasteiger partial charge is 0.494 e. The Morgan fingerprint density at radius 1 is 1.12 bits per heavy atom. The van der Waals surface area contributed by atoms with Crippen molar-refractivity contribution in [2.45, 2.75) is 19.9 Å². The highest BCUT2D eigenvalue weighted by Crippen LogP contribution is 2.16. The van der Waals surface area contributed by atoms with Crippen LogP contribution in [-0.2, 0) is 4.79 Å². The van der Waals surface area contributed by atoms with Crippen molar-refractivity contribution in [3.05, 3.63) is 65.7 Å². The summed E-state index contributed by atoms with van der Waals surface area (Å²) in [4.78, 5) is 22.9. The number of ether oxygens (including phenoxy) is 1. The van der Waals surface area contributed by atoms with Gasteiger partial charge < -0.3 is 21.1 Å². The van der Waals surface area contributed by atoms with E-state index in [2.05, 4.69) is 10.6 Å². The zero-order valence-corrected chi connectivity index (χ0v) is 14.9. The lowest BCUT2D eigenvalue weighted by atomic mass is 10.1. The number of hydrogen-bond donors (Lipinski definition) is 3. The fourth-order valence-corrected chi connectivity index (χ4v) is 2.36. The Labute approximate surface area is 153 Å². The van der Waals surface area contributed by atoms with E-state index in [1.165, 1.54) is 6.08 Å². The molecule has 0 saturated heterocycles. The van der Waals surface area contributed by atoms with Gasteiger partial charge in [0.1, 0.15) is 5.75 Å². The molecule has 0 aliphatic rings. The summed E-state index contributed by atoms with van der Waals surface area (Å²) in [6.07, 6.45) is 3.24. The summed E-state index contributed by atoms with van der Waals surface area (Å²) < 4.78 is 5.38. The third-order valence-electron chi connectivity index (χ3n) is 3.66. The van der Waals surface area contributed by atoms with Crippen LogP contribution in [-0.4, -0.2) is 18.5 Å². The first-order valence-corrected chi connectivity index (χ1v) is 8.35. The maximum absolute atomic E-state index is 12.1. The zero-order chi connectivity index (χ0) is 18.9. The summed E-state index contributed by atoms with van der Waals surface area (Å²) >= 11 is 0. The van der Waals surface area contributed by atoms with Gasteiger partial charge in [-0.15, -0.1) is 0 Å². The first-order valence-electron chi connectivity index (χ1n) is 8.35. The summed E-state index contributed by atoms with van der Waals surface area (Å²) in [7, 11) is 0. The fraction of sp³-hybridized carbons (Fsp3) is 0.200. The van der Waals surface area contributed by atoms with E-state index in [9.17, 15) is 9.59 Å². The van der Waals surface area contributed by atoms with Gasteiger partial charge in [0.2, 0.25) is 5.91 Å². The van der Waals surface area contributed by atoms with E-state index in [1.54, 1.807) is 18.2 Å². The van der Waals surface area contributed by atoms with Gasteiger partial charge in [-0.3, -0.25) is 4.79 Å². The number of benzene rings is 2. The van der Waals surface area contributed by atoms with Gasteiger partial charge in [0.25, 0.3) is 0 Å². The minimum Gasteiger partial charge on any atom is -0.494 e. The van der Waals surface area contributed by atoms with Crippen LogP contribution < -0.4 is 21.1 Å². The number of carbonyl (C=O) groups is 2. The van der Waals surface area contributed by atoms with Crippen LogP contribution in [0.1, 0.15) is 31.0 Å². The highest BCUT2D eigenvalue weighted by atomic mass is 16.5. The van der Waals surface area contributed by atoms with Gasteiger partial charge in [0.15, 0.2) is 0 Å². The van der Waals surface area contributed by atoms with Crippen molar-refractivity contribution in [3.63, 3.8) is 0 Å². The average Bonchev–Trinajstić information content (AvgIpc) is 2.61. The van der Waals surface area contributed by atoms with Crippen LogP contribution in [0.25, 0.3) is 6.08 Å². The van der Waals surface area contributed by atoms with Gasteiger partial charge in [-0.25, -0.2) is 4.79 Å². The molecule has 6 heteroatoms. The van der Waals surface area contributed by atoms with Crippen LogP contribution in [0.2, 0.25) is 0 Å². The van der Waals surface area contributed by atoms with Crippen LogP contribution in [0.3, 0.4) is 0 Å². The third kappa shape index (κ3) is 5.98. The highest BCUT2D eigenvalue weighted by Gasteiger charge is 2.07. The van der Waals surface area contributed by atoms with Crippen molar-refractivity contribution in [1.29, 1.82) is 0 Å². The van der Waals surface area contributed by atoms with Crippen LogP contribution in [0.5, 0.6) is 5.75 Å². The maximum atomic E-state index is 12.1. The lowest BCUT2D eigenvalue weighted by Crippen LogP contribution is -2.24. The van der Waals surface area contributed by atoms with Gasteiger partial charge in [-0.1, -0.05) is 24.3 Å². The van der Waals surface area contributed by atoms with Gasteiger partial charge in [-0.05, 0) is 55.3 Å². The number of nitrogens with two attached hydrogens (primary N) is 1. The molecule has 6 nitrogen and oxygen atoms in total. The van der Waals surface area contributed by atoms with E-state index in [0.29, 0.717) is 12.3 Å². The SMILES string of the molecule is CCOc1ccc(/C=C/C(=O)NC(C)c2ccc(NC(N)=O)cc2)cc1. The third-order valence-corrected chi connectivity index (χ3v) is 3.66. The van der Waals surface area contributed by atoms with Gasteiger partial charge in [-0.2, -0.15) is 0 Å². The molecule has 0 heterocycles. The Bertz CT molecular complexity index is 768. The van der Waals surface area contributed by atoms with Crippen LogP contribution in [0, 0.1) is 0 Å². The van der Waals surface area contributed by atoms with Crippen LogP contribution >= 0.6 is 0 Å². The summed E-state index contributed by atoms with van der Waals surface area (Å²) in [6, 6.07) is 13.9. The minimum absolute atomic E-state index is 0.171. The van der Waals surface area contributed by atoms with Gasteiger partial charge in [0.05, 0.1) is 12.6 Å². The monoisotopic (exact) mass is 353 g/mol. The van der Waals surface area contributed by atoms with Crippen LogP contribution in [0.4, 0.5) is 10.5 Å². The smallest absolute Gasteiger partial charge is 0.316 e. The standard InChI is InChI=1S/C20H23N3O3/c1-3-26-18-11-4-15(5-12-18)6-13-19(24)22-14(2)16-7-9-17(10-8-16)23-20(21)25/h4-14H,3H2,1-2H3,(H,22,24)(H3,21,23,25)/b13-6+. The van der Waals surface area contributed by atoms with Crippen molar-refractivity contribution in [1.82, 2.24) is 5.32 Å². The molecule has 0 saturated carbocycles. The Morgan fingerprint density at radius 2 is 1.77 bits per heavy atom. The molecule has 0 bridgehead atoms. The number of rotatable bonds is 7. The van der Waals surface area contributed by atoms with E-state index in [-0.39, 0.29) is 11.9 Å². The number of amides is 3. The molecule has 2 aromatic carbocycles. The molecule has 1 atom stereocenters. The summed E-state index contributed by atoms with van der Waals surface area (Å²) in [5.41, 5.74) is 7.51. The molecule has 2 aromatic rings. The predicted molar refractivity (Wildman–Crippen MR) is 103 cm³/mol. The Balaban J connectivity index is 1.90. The van der Waals surface area contributed by atoms with E-state index in [4.69, 9.17) is 10.5 Å². The fourth-order valence-electron chi connectivity index (χ4n) is 2.36. The van der Waals surface area contributed by atoms with Gasteiger partial charge in [0, 0.05) is 11.8 Å². The predicted octanol–water partition coefficient (Wildman–Crippen LogP) is 3.47. The number of carbonyl (C=O) groups excluding carboxylic acids is 2. The molecule has 0 spiro atoms. The molecular formula is C20H23N3O3. The van der Waals surface area contributed by atoms with E-state index in [0.717, 1.165) is 16.9 Å². The second kappa shape index (κ2) is 9.27. The normalized spacial score (nSPS) is 11.8. The summed E-state index contributed by atoms with van der Waals surface area (Å²) in [5, 5.41) is 5.39. The quantitative estimate of drug-likeness (QED) is 0.665.